The van der Waals surface area contributed by atoms with Gasteiger partial charge in [0.05, 0.1) is 22.4 Å². The summed E-state index contributed by atoms with van der Waals surface area (Å²) in [5.74, 6) is -1.96. The molecule has 1 fully saturated rings. The molecule has 1 aliphatic heterocycles. The van der Waals surface area contributed by atoms with Crippen LogP contribution in [0.1, 0.15) is 91.0 Å². The molecule has 0 aromatic carbocycles. The maximum Gasteiger partial charge on any atom is 0.418 e. The number of halogens is 8. The van der Waals surface area contributed by atoms with Gasteiger partial charge in [-0.25, -0.2) is 18.8 Å². The van der Waals surface area contributed by atoms with Gasteiger partial charge in [-0.3, -0.25) is 9.69 Å². The number of pyridine rings is 1. The lowest BCUT2D eigenvalue weighted by Crippen LogP contribution is -2.36. The number of hydrogen-bond acceptors (Lipinski definition) is 7. The fourth-order valence-corrected chi connectivity index (χ4v) is 6.44. The lowest BCUT2D eigenvalue weighted by Gasteiger charge is -2.36. The van der Waals surface area contributed by atoms with E-state index in [2.05, 4.69) is 30.4 Å². The molecular formula is C40H55F8N5O2. The number of likely N-dealkylation sites (N-methyl/N-ethyl adjacent to an activating group) is 1. The van der Waals surface area contributed by atoms with Crippen molar-refractivity contribution in [3.63, 3.8) is 0 Å². The maximum atomic E-state index is 17.1. The largest absolute Gasteiger partial charge is 0.476 e. The third kappa shape index (κ3) is 12.8. The topological polar surface area (TPSA) is 84.0 Å². The van der Waals surface area contributed by atoms with Crippen molar-refractivity contribution in [2.75, 3.05) is 33.0 Å². The fourth-order valence-electron chi connectivity index (χ4n) is 6.44. The van der Waals surface area contributed by atoms with Crippen LogP contribution in [0.4, 0.5) is 40.9 Å². The van der Waals surface area contributed by atoms with Crippen LogP contribution in [0, 0.1) is 18.8 Å². The van der Waals surface area contributed by atoms with Crippen molar-refractivity contribution in [2.24, 2.45) is 16.8 Å². The Hall–Kier alpha value is -4.01. The van der Waals surface area contributed by atoms with Crippen molar-refractivity contribution in [3.05, 3.63) is 76.2 Å². The first-order valence-electron chi connectivity index (χ1n) is 18.2. The molecular weight excluding hydrogens is 734 g/mol. The Morgan fingerprint density at radius 3 is 2.20 bits per heavy atom. The van der Waals surface area contributed by atoms with Gasteiger partial charge in [-0.2, -0.15) is 26.3 Å². The quantitative estimate of drug-likeness (QED) is 0.122. The first kappa shape index (κ1) is 47.1. The molecule has 7 nitrogen and oxygen atoms in total. The van der Waals surface area contributed by atoms with E-state index in [1.807, 2.05) is 13.8 Å². The van der Waals surface area contributed by atoms with E-state index in [0.717, 1.165) is 19.4 Å². The maximum absolute atomic E-state index is 17.1. The van der Waals surface area contributed by atoms with Crippen LogP contribution >= 0.6 is 0 Å². The number of aromatic nitrogens is 1. The van der Waals surface area contributed by atoms with Gasteiger partial charge < -0.3 is 15.4 Å². The van der Waals surface area contributed by atoms with Crippen LogP contribution in [0.2, 0.25) is 0 Å². The molecule has 2 heterocycles. The van der Waals surface area contributed by atoms with E-state index in [-0.39, 0.29) is 60.5 Å². The van der Waals surface area contributed by atoms with E-state index in [1.165, 1.54) is 26.0 Å². The summed E-state index contributed by atoms with van der Waals surface area (Å²) in [6, 6.07) is 0.338. The number of nitrogen functional groups attached to an aromatic ring is 1. The fraction of sp³-hybridized carbons (Fsp3) is 0.575. The van der Waals surface area contributed by atoms with Crippen LogP contribution in [0.5, 0.6) is 0 Å². The molecule has 3 rings (SSSR count). The Kier molecular flexibility index (Phi) is 16.9. The number of allylic oxidation sites excluding steroid dienone is 8. The average molecular weight is 790 g/mol. The van der Waals surface area contributed by atoms with E-state index in [9.17, 15) is 35.5 Å². The number of ether oxygens (including phenoxy) is 1. The number of aryl methyl sites for hydroxylation is 1. The van der Waals surface area contributed by atoms with Gasteiger partial charge in [0.1, 0.15) is 24.3 Å². The molecule has 308 valence electrons. The summed E-state index contributed by atoms with van der Waals surface area (Å²) in [6.45, 7) is 17.1. The molecule has 2 aliphatic rings. The normalized spacial score (nSPS) is 20.8. The zero-order valence-electron chi connectivity index (χ0n) is 33.4. The highest BCUT2D eigenvalue weighted by Crippen LogP contribution is 2.48. The standard InChI is InChI=1S/C36H49F8N5O.C4H6O/c1-10-11-29(50-18-24-15-23(37)17-48(24)8)47-33-25(22(7)49(9)27(20(4)5)13-12-19(2)3)16-26(35(39,40)41)30(32(33)38)34-31(36(42,43)44)21(6)14-28(45)46-34;1-3-4(2)5/h11,14,16,19-20,23-24,27H,10,12-13,15,17-18H2,1-9H3,(H2,45,46);3H,1H2,2H3/b25-22+,29-11-,47-33+;. The number of nitrogens with two attached hydrogens (primary N) is 1. The van der Waals surface area contributed by atoms with E-state index < -0.39 is 63.8 Å². The monoisotopic (exact) mass is 789 g/mol. The second-order valence-corrected chi connectivity index (χ2v) is 14.7. The minimum absolute atomic E-state index is 0.0185. The van der Waals surface area contributed by atoms with Crippen LogP contribution in [-0.4, -0.2) is 78.0 Å². The summed E-state index contributed by atoms with van der Waals surface area (Å²) in [5.41, 5.74) is -1.41. The van der Waals surface area contributed by atoms with Crippen LogP contribution in [0.25, 0.3) is 5.57 Å². The predicted octanol–water partition coefficient (Wildman–Crippen LogP) is 10.4. The third-order valence-corrected chi connectivity index (χ3v) is 9.48. The minimum Gasteiger partial charge on any atom is -0.476 e. The van der Waals surface area contributed by atoms with Gasteiger partial charge in [-0.1, -0.05) is 41.2 Å². The summed E-state index contributed by atoms with van der Waals surface area (Å²) >= 11 is 0. The van der Waals surface area contributed by atoms with Crippen molar-refractivity contribution in [1.82, 2.24) is 14.8 Å². The molecule has 0 saturated carbocycles. The highest BCUT2D eigenvalue weighted by molar-refractivity contribution is 6.21. The molecule has 15 heteroatoms. The zero-order valence-corrected chi connectivity index (χ0v) is 33.4. The van der Waals surface area contributed by atoms with Gasteiger partial charge in [0.25, 0.3) is 0 Å². The summed E-state index contributed by atoms with van der Waals surface area (Å²) in [5, 5.41) is 0. The highest BCUT2D eigenvalue weighted by atomic mass is 19.4. The molecule has 1 aliphatic carbocycles. The molecule has 3 unspecified atom stereocenters. The van der Waals surface area contributed by atoms with Gasteiger partial charge in [0.15, 0.2) is 11.6 Å². The van der Waals surface area contributed by atoms with Crippen molar-refractivity contribution >= 4 is 22.9 Å². The Bertz CT molecular complexity index is 1690. The number of aliphatic imine (C=N–C) groups is 1. The van der Waals surface area contributed by atoms with Gasteiger partial charge in [-0.15, -0.1) is 0 Å². The molecule has 1 saturated heterocycles. The lowest BCUT2D eigenvalue weighted by atomic mass is 9.85. The van der Waals surface area contributed by atoms with Crippen LogP contribution in [0.3, 0.4) is 0 Å². The number of hydrogen-bond donors (Lipinski definition) is 1. The van der Waals surface area contributed by atoms with Gasteiger partial charge in [-0.05, 0) is 95.2 Å². The second-order valence-electron chi connectivity index (χ2n) is 14.7. The Morgan fingerprint density at radius 2 is 1.75 bits per heavy atom. The zero-order chi connectivity index (χ0) is 42.2. The summed E-state index contributed by atoms with van der Waals surface area (Å²) < 4.78 is 125. The number of rotatable bonds is 13. The number of nitrogens with zero attached hydrogens (tertiary/aromatic N) is 4. The molecule has 0 amide bonds. The van der Waals surface area contributed by atoms with Gasteiger partial charge in [0.2, 0.25) is 5.88 Å². The Morgan fingerprint density at radius 1 is 1.15 bits per heavy atom. The van der Waals surface area contributed by atoms with Crippen LogP contribution in [0.15, 0.2) is 64.4 Å². The Balaban J connectivity index is 0.00000196. The minimum atomic E-state index is -5.31. The molecule has 3 atom stereocenters. The van der Waals surface area contributed by atoms with Crippen LogP contribution in [-0.2, 0) is 15.7 Å². The molecule has 1 aromatic rings. The summed E-state index contributed by atoms with van der Waals surface area (Å²) in [7, 11) is 3.40. The predicted molar refractivity (Wildman–Crippen MR) is 202 cm³/mol. The Labute approximate surface area is 319 Å². The SMILES string of the molecule is C=CC(C)=O.CC/C=C(/N=C1/C(F)=C(c2nc(N)cc(C)c2C(F)(F)F)C(C(F)(F)F)=C/C1=C(/C)N(C)C(CCC(C)C)C(C)C)OCC1CC(F)CN1C. The summed E-state index contributed by atoms with van der Waals surface area (Å²) in [4.78, 5) is 21.2. The number of carbonyl (C=O) groups is 1. The van der Waals surface area contributed by atoms with Crippen LogP contribution < -0.4 is 5.73 Å². The average Bonchev–Trinajstić information content (AvgIpc) is 3.38. The first-order valence-corrected chi connectivity index (χ1v) is 18.2. The number of likely N-dealkylation sites (tertiary alicyclic amines) is 1. The first-order chi connectivity index (χ1) is 25.3. The number of alkyl halides is 7. The molecule has 0 radical (unpaired) electrons. The van der Waals surface area contributed by atoms with Crippen molar-refractivity contribution in [2.45, 2.75) is 112 Å². The number of ketones is 1. The van der Waals surface area contributed by atoms with E-state index in [4.69, 9.17) is 10.5 Å². The van der Waals surface area contributed by atoms with Gasteiger partial charge in [0, 0.05) is 36.9 Å². The number of anilines is 1. The molecule has 0 spiro atoms. The van der Waals surface area contributed by atoms with E-state index >= 15 is 4.39 Å². The van der Waals surface area contributed by atoms with E-state index in [0.29, 0.717) is 24.8 Å². The molecule has 55 heavy (non-hydrogen) atoms. The molecule has 2 N–H and O–H groups in total. The molecule has 0 bridgehead atoms. The molecule has 1 aromatic heterocycles. The van der Waals surface area contributed by atoms with E-state index in [1.54, 1.807) is 30.8 Å². The highest BCUT2D eigenvalue weighted by Gasteiger charge is 2.47. The third-order valence-electron chi connectivity index (χ3n) is 9.48. The smallest absolute Gasteiger partial charge is 0.418 e. The number of carbonyl (C=O) groups excluding carboxylic acids is 1. The van der Waals surface area contributed by atoms with Crippen molar-refractivity contribution in [3.8, 4) is 0 Å². The second kappa shape index (κ2) is 19.7. The van der Waals surface area contributed by atoms with Gasteiger partial charge >= 0.3 is 12.4 Å². The van der Waals surface area contributed by atoms with Crippen molar-refractivity contribution in [1.29, 1.82) is 0 Å². The summed E-state index contributed by atoms with van der Waals surface area (Å²) in [6.07, 6.45) is -6.23. The lowest BCUT2D eigenvalue weighted by molar-refractivity contribution is -0.138. The van der Waals surface area contributed by atoms with Crippen molar-refractivity contribution < 1.29 is 44.7 Å².